The van der Waals surface area contributed by atoms with Gasteiger partial charge in [0, 0.05) is 63.1 Å². The normalized spacial score (nSPS) is 27.8. The predicted octanol–water partition coefficient (Wildman–Crippen LogP) is 1.74. The van der Waals surface area contributed by atoms with E-state index in [1.165, 1.54) is 29.8 Å². The van der Waals surface area contributed by atoms with Gasteiger partial charge in [0.25, 0.3) is 0 Å². The zero-order valence-corrected chi connectivity index (χ0v) is 16.2. The van der Waals surface area contributed by atoms with Gasteiger partial charge in [-0.3, -0.25) is 4.90 Å². The first-order valence-electron chi connectivity index (χ1n) is 10.1. The lowest BCUT2D eigenvalue weighted by atomic mass is 9.99. The molecule has 5 heterocycles. The highest BCUT2D eigenvalue weighted by molar-refractivity contribution is 5.38. The van der Waals surface area contributed by atoms with Gasteiger partial charge in [-0.2, -0.15) is 0 Å². The third-order valence-corrected chi connectivity index (χ3v) is 6.66. The fourth-order valence-corrected chi connectivity index (χ4v) is 4.98. The minimum atomic E-state index is -0.257. The van der Waals surface area contributed by atoms with Crippen molar-refractivity contribution in [2.24, 2.45) is 7.05 Å². The molecule has 7 nitrogen and oxygen atoms in total. The number of hydrogen-bond donors (Lipinski definition) is 1. The second-order valence-electron chi connectivity index (χ2n) is 8.29. The predicted molar refractivity (Wildman–Crippen MR) is 102 cm³/mol. The summed E-state index contributed by atoms with van der Waals surface area (Å²) in [5.41, 5.74) is 3.78. The van der Waals surface area contributed by atoms with E-state index >= 15 is 0 Å². The summed E-state index contributed by atoms with van der Waals surface area (Å²) < 4.78 is 2.19. The monoisotopic (exact) mass is 368 g/mol. The van der Waals surface area contributed by atoms with Gasteiger partial charge in [0.05, 0.1) is 17.5 Å². The maximum absolute atomic E-state index is 9.96. The van der Waals surface area contributed by atoms with Crippen LogP contribution in [-0.2, 0) is 20.0 Å². The van der Waals surface area contributed by atoms with Gasteiger partial charge in [-0.05, 0) is 32.6 Å². The fourth-order valence-electron chi connectivity index (χ4n) is 4.98. The third-order valence-electron chi connectivity index (χ3n) is 6.66. The van der Waals surface area contributed by atoms with Crippen LogP contribution in [0.4, 0.5) is 5.95 Å². The van der Waals surface area contributed by atoms with E-state index in [0.717, 1.165) is 44.1 Å². The van der Waals surface area contributed by atoms with Crippen molar-refractivity contribution in [1.29, 1.82) is 0 Å². The lowest BCUT2D eigenvalue weighted by molar-refractivity contribution is 0.152. The number of nitrogens with zero attached hydrogens (tertiary/aromatic N) is 6. The summed E-state index contributed by atoms with van der Waals surface area (Å²) in [6.45, 7) is 4.58. The highest BCUT2D eigenvalue weighted by Gasteiger charge is 2.41. The summed E-state index contributed by atoms with van der Waals surface area (Å²) in [5, 5.41) is 9.96. The molecule has 0 amide bonds. The average Bonchev–Trinajstić information content (AvgIpc) is 3.13. The van der Waals surface area contributed by atoms with Gasteiger partial charge in [-0.15, -0.1) is 0 Å². The molecule has 3 aliphatic heterocycles. The molecular formula is C20H28N6O. The van der Waals surface area contributed by atoms with E-state index in [4.69, 9.17) is 4.98 Å². The van der Waals surface area contributed by atoms with Gasteiger partial charge in [-0.1, -0.05) is 0 Å². The summed E-state index contributed by atoms with van der Waals surface area (Å²) in [6, 6.07) is 0.961. The zero-order chi connectivity index (χ0) is 18.5. The number of β-amino-alcohol motifs (C(OH)–C–C–N with tert-alkyl or cyclic N) is 1. The van der Waals surface area contributed by atoms with Crippen LogP contribution >= 0.6 is 0 Å². The maximum Gasteiger partial charge on any atom is 0.225 e. The molecule has 0 aliphatic carbocycles. The molecule has 0 spiro atoms. The molecule has 2 aromatic rings. The largest absolute Gasteiger partial charge is 0.391 e. The number of anilines is 1. The summed E-state index contributed by atoms with van der Waals surface area (Å²) >= 11 is 0. The highest BCUT2D eigenvalue weighted by Crippen LogP contribution is 2.44. The number of aryl methyl sites for hydroxylation is 1. The van der Waals surface area contributed by atoms with E-state index in [1.54, 1.807) is 0 Å². The topological polar surface area (TPSA) is 70.3 Å². The molecule has 2 aromatic heterocycles. The van der Waals surface area contributed by atoms with Gasteiger partial charge < -0.3 is 14.6 Å². The van der Waals surface area contributed by atoms with Crippen molar-refractivity contribution in [3.05, 3.63) is 35.2 Å². The first kappa shape index (κ1) is 17.1. The maximum atomic E-state index is 9.96. The molecule has 0 aromatic carbocycles. The van der Waals surface area contributed by atoms with E-state index in [-0.39, 0.29) is 6.10 Å². The molecule has 3 atom stereocenters. The molecule has 2 fully saturated rings. The number of fused-ring (bicyclic) bond motifs is 4. The van der Waals surface area contributed by atoms with Gasteiger partial charge in [0.15, 0.2) is 0 Å². The van der Waals surface area contributed by atoms with E-state index in [2.05, 4.69) is 38.3 Å². The van der Waals surface area contributed by atoms with Crippen molar-refractivity contribution >= 4 is 5.95 Å². The van der Waals surface area contributed by atoms with Crippen molar-refractivity contribution in [1.82, 2.24) is 24.4 Å². The van der Waals surface area contributed by atoms with Crippen molar-refractivity contribution in [2.45, 2.75) is 63.8 Å². The fraction of sp³-hybridized carbons (Fsp3) is 0.650. The summed E-state index contributed by atoms with van der Waals surface area (Å²) in [5.74, 6) is 1.86. The number of hydrogen-bond acceptors (Lipinski definition) is 6. The van der Waals surface area contributed by atoms with Crippen molar-refractivity contribution in [3.8, 4) is 0 Å². The van der Waals surface area contributed by atoms with E-state index < -0.39 is 0 Å². The molecular weight excluding hydrogens is 340 g/mol. The Kier molecular flexibility index (Phi) is 4.16. The van der Waals surface area contributed by atoms with Crippen LogP contribution in [0.1, 0.15) is 54.5 Å². The highest BCUT2D eigenvalue weighted by atomic mass is 16.3. The summed E-state index contributed by atoms with van der Waals surface area (Å²) in [7, 11) is 2.10. The smallest absolute Gasteiger partial charge is 0.225 e. The Hall–Kier alpha value is -1.99. The molecule has 3 aliphatic rings. The van der Waals surface area contributed by atoms with Crippen LogP contribution in [0.3, 0.4) is 0 Å². The standard InChI is InChI=1S/C20H28N6O/c1-13-21-9-15(24(13)2)11-26-14-5-6-19(26)17-10-22-20(23-18(17)8-14)25-7-3-4-16(27)12-25/h9-10,14,16,19,27H,3-8,11-12H2,1-2H3/t14-,16+,19-/m0/s1. The number of aromatic nitrogens is 4. The van der Waals surface area contributed by atoms with Crippen molar-refractivity contribution in [2.75, 3.05) is 18.0 Å². The molecule has 2 bridgehead atoms. The molecule has 0 radical (unpaired) electrons. The van der Waals surface area contributed by atoms with Crippen molar-refractivity contribution in [3.63, 3.8) is 0 Å². The molecule has 2 saturated heterocycles. The Labute approximate surface area is 160 Å². The van der Waals surface area contributed by atoms with Gasteiger partial charge >= 0.3 is 0 Å². The number of rotatable bonds is 3. The Morgan fingerprint density at radius 2 is 2.07 bits per heavy atom. The van der Waals surface area contributed by atoms with Crippen LogP contribution < -0.4 is 4.90 Å². The number of imidazole rings is 1. The Balaban J connectivity index is 1.40. The number of piperidine rings is 1. The second-order valence-corrected chi connectivity index (χ2v) is 8.29. The minimum absolute atomic E-state index is 0.257. The quantitative estimate of drug-likeness (QED) is 0.890. The van der Waals surface area contributed by atoms with Crippen LogP contribution in [0.25, 0.3) is 0 Å². The Morgan fingerprint density at radius 1 is 1.19 bits per heavy atom. The van der Waals surface area contributed by atoms with Crippen LogP contribution in [0.5, 0.6) is 0 Å². The van der Waals surface area contributed by atoms with Crippen LogP contribution in [-0.4, -0.2) is 54.8 Å². The molecule has 1 N–H and O–H groups in total. The molecule has 27 heavy (non-hydrogen) atoms. The number of aliphatic hydroxyl groups is 1. The summed E-state index contributed by atoms with van der Waals surface area (Å²) in [6.07, 6.45) is 9.08. The average molecular weight is 368 g/mol. The molecule has 0 unspecified atom stereocenters. The van der Waals surface area contributed by atoms with Gasteiger partial charge in [0.1, 0.15) is 5.82 Å². The Bertz CT molecular complexity index is 849. The first-order valence-corrected chi connectivity index (χ1v) is 10.1. The second kappa shape index (κ2) is 6.56. The van der Waals surface area contributed by atoms with E-state index in [0.29, 0.717) is 18.6 Å². The van der Waals surface area contributed by atoms with Gasteiger partial charge in [0.2, 0.25) is 5.95 Å². The third kappa shape index (κ3) is 2.93. The van der Waals surface area contributed by atoms with Gasteiger partial charge in [-0.25, -0.2) is 15.0 Å². The van der Waals surface area contributed by atoms with E-state index in [9.17, 15) is 5.11 Å². The molecule has 144 valence electrons. The van der Waals surface area contributed by atoms with Crippen molar-refractivity contribution < 1.29 is 5.11 Å². The van der Waals surface area contributed by atoms with E-state index in [1.807, 2.05) is 12.4 Å². The summed E-state index contributed by atoms with van der Waals surface area (Å²) in [4.78, 5) is 18.8. The SMILES string of the molecule is Cc1ncc(CN2[C@H]3CC[C@H]2c2cnc(N4CCC[C@@H](O)C4)nc2C3)n1C. The first-order chi connectivity index (χ1) is 13.1. The lowest BCUT2D eigenvalue weighted by Gasteiger charge is -2.36. The van der Waals surface area contributed by atoms with Crippen LogP contribution in [0, 0.1) is 6.92 Å². The van der Waals surface area contributed by atoms with Crippen LogP contribution in [0.15, 0.2) is 12.4 Å². The Morgan fingerprint density at radius 3 is 2.85 bits per heavy atom. The molecule has 0 saturated carbocycles. The number of aliphatic hydroxyl groups excluding tert-OH is 1. The molecule has 7 heteroatoms. The minimum Gasteiger partial charge on any atom is -0.391 e. The molecule has 5 rings (SSSR count). The van der Waals surface area contributed by atoms with Crippen LogP contribution in [0.2, 0.25) is 0 Å². The lowest BCUT2D eigenvalue weighted by Crippen LogP contribution is -2.41. The zero-order valence-electron chi connectivity index (χ0n) is 16.2.